The maximum Gasteiger partial charge on any atom is 0.238 e. The highest BCUT2D eigenvalue weighted by Gasteiger charge is 2.32. The fourth-order valence-corrected chi connectivity index (χ4v) is 4.01. The predicted molar refractivity (Wildman–Crippen MR) is 85.3 cm³/mol. The van der Waals surface area contributed by atoms with Gasteiger partial charge in [0.25, 0.3) is 0 Å². The summed E-state index contributed by atoms with van der Waals surface area (Å²) in [6.45, 7) is 6.64. The van der Waals surface area contributed by atoms with E-state index in [1.165, 1.54) is 25.3 Å². The summed E-state index contributed by atoms with van der Waals surface area (Å²) >= 11 is 0. The van der Waals surface area contributed by atoms with Crippen molar-refractivity contribution in [3.8, 4) is 0 Å². The Bertz CT molecular complexity index is 586. The molecule has 4 unspecified atom stereocenters. The van der Waals surface area contributed by atoms with E-state index in [-0.39, 0.29) is 10.9 Å². The van der Waals surface area contributed by atoms with E-state index in [1.54, 1.807) is 12.1 Å². The minimum atomic E-state index is -3.64. The number of primary sulfonamides is 1. The van der Waals surface area contributed by atoms with Crippen molar-refractivity contribution in [1.82, 2.24) is 5.32 Å². The van der Waals surface area contributed by atoms with Crippen LogP contribution in [0.15, 0.2) is 29.2 Å². The quantitative estimate of drug-likeness (QED) is 0.878. The van der Waals surface area contributed by atoms with Crippen molar-refractivity contribution >= 4 is 10.0 Å². The first-order valence-electron chi connectivity index (χ1n) is 7.71. The Morgan fingerprint density at radius 3 is 2.67 bits per heavy atom. The minimum Gasteiger partial charge on any atom is -0.307 e. The molecule has 0 aliphatic heterocycles. The van der Waals surface area contributed by atoms with Gasteiger partial charge < -0.3 is 5.32 Å². The van der Waals surface area contributed by atoms with Crippen molar-refractivity contribution in [1.29, 1.82) is 0 Å². The molecule has 0 amide bonds. The standard InChI is InChI=1S/C16H26N2O2S/c1-4-13-8-9-16(11(13)2)18-12(3)14-6-5-7-15(10-14)21(17,19)20/h5-7,10-13,16,18H,4,8-9H2,1-3H3,(H2,17,19,20). The molecule has 21 heavy (non-hydrogen) atoms. The first-order valence-corrected chi connectivity index (χ1v) is 9.26. The zero-order valence-corrected chi connectivity index (χ0v) is 13.9. The smallest absolute Gasteiger partial charge is 0.238 e. The second-order valence-corrected chi connectivity index (χ2v) is 7.78. The van der Waals surface area contributed by atoms with Crippen LogP contribution in [0.1, 0.15) is 51.6 Å². The van der Waals surface area contributed by atoms with E-state index in [0.717, 1.165) is 11.5 Å². The molecule has 0 bridgehead atoms. The van der Waals surface area contributed by atoms with Crippen LogP contribution in [-0.2, 0) is 10.0 Å². The Labute approximate surface area is 128 Å². The summed E-state index contributed by atoms with van der Waals surface area (Å²) in [5.41, 5.74) is 0.966. The van der Waals surface area contributed by atoms with E-state index < -0.39 is 10.0 Å². The van der Waals surface area contributed by atoms with Gasteiger partial charge in [-0.25, -0.2) is 13.6 Å². The van der Waals surface area contributed by atoms with Crippen LogP contribution in [0.2, 0.25) is 0 Å². The summed E-state index contributed by atoms with van der Waals surface area (Å²) in [5, 5.41) is 8.85. The molecule has 5 heteroatoms. The van der Waals surface area contributed by atoms with Gasteiger partial charge in [0, 0.05) is 12.1 Å². The van der Waals surface area contributed by atoms with E-state index in [9.17, 15) is 8.42 Å². The van der Waals surface area contributed by atoms with E-state index >= 15 is 0 Å². The van der Waals surface area contributed by atoms with Crippen molar-refractivity contribution < 1.29 is 8.42 Å². The number of sulfonamides is 1. The first kappa shape index (κ1) is 16.5. The van der Waals surface area contributed by atoms with Crippen molar-refractivity contribution in [3.05, 3.63) is 29.8 Å². The molecule has 118 valence electrons. The Hall–Kier alpha value is -0.910. The Morgan fingerprint density at radius 1 is 1.38 bits per heavy atom. The van der Waals surface area contributed by atoms with Gasteiger partial charge in [-0.05, 0) is 49.3 Å². The van der Waals surface area contributed by atoms with E-state index in [0.29, 0.717) is 12.0 Å². The second-order valence-electron chi connectivity index (χ2n) is 6.22. The molecule has 1 aromatic rings. The van der Waals surface area contributed by atoms with Crippen LogP contribution in [-0.4, -0.2) is 14.5 Å². The minimum absolute atomic E-state index is 0.120. The molecular weight excluding hydrogens is 284 g/mol. The lowest BCUT2D eigenvalue weighted by Crippen LogP contribution is -2.34. The van der Waals surface area contributed by atoms with Crippen molar-refractivity contribution in [2.45, 2.75) is 57.0 Å². The molecule has 1 saturated carbocycles. The molecule has 1 aliphatic rings. The molecule has 0 radical (unpaired) electrons. The zero-order valence-electron chi connectivity index (χ0n) is 13.0. The van der Waals surface area contributed by atoms with Crippen molar-refractivity contribution in [2.24, 2.45) is 17.0 Å². The maximum atomic E-state index is 11.4. The third-order valence-corrected chi connectivity index (χ3v) is 5.81. The predicted octanol–water partition coefficient (Wildman–Crippen LogP) is 2.81. The lowest BCUT2D eigenvalue weighted by Gasteiger charge is -2.25. The van der Waals surface area contributed by atoms with Gasteiger partial charge in [0.2, 0.25) is 10.0 Å². The van der Waals surface area contributed by atoms with Gasteiger partial charge in [-0.3, -0.25) is 0 Å². The molecule has 0 aromatic heterocycles. The Morgan fingerprint density at radius 2 is 2.10 bits per heavy atom. The molecular formula is C16H26N2O2S. The molecule has 1 aromatic carbocycles. The molecule has 4 nitrogen and oxygen atoms in total. The molecule has 3 N–H and O–H groups in total. The van der Waals surface area contributed by atoms with Crippen molar-refractivity contribution in [2.75, 3.05) is 0 Å². The summed E-state index contributed by atoms with van der Waals surface area (Å²) in [6.07, 6.45) is 3.70. The molecule has 0 saturated heterocycles. The lowest BCUT2D eigenvalue weighted by molar-refractivity contribution is 0.327. The average molecular weight is 310 g/mol. The van der Waals surface area contributed by atoms with Gasteiger partial charge in [0.15, 0.2) is 0 Å². The summed E-state index contributed by atoms with van der Waals surface area (Å²) in [4.78, 5) is 0.180. The number of nitrogens with one attached hydrogen (secondary N) is 1. The highest BCUT2D eigenvalue weighted by molar-refractivity contribution is 7.89. The van der Waals surface area contributed by atoms with E-state index in [2.05, 4.69) is 26.1 Å². The number of benzene rings is 1. The molecule has 1 aliphatic carbocycles. The van der Waals surface area contributed by atoms with Crippen LogP contribution < -0.4 is 10.5 Å². The molecule has 4 atom stereocenters. The largest absolute Gasteiger partial charge is 0.307 e. The highest BCUT2D eigenvalue weighted by atomic mass is 32.2. The van der Waals surface area contributed by atoms with Gasteiger partial charge in [-0.1, -0.05) is 32.4 Å². The van der Waals surface area contributed by atoms with Gasteiger partial charge in [0.05, 0.1) is 4.90 Å². The van der Waals surface area contributed by atoms with Crippen LogP contribution in [0, 0.1) is 11.8 Å². The fraction of sp³-hybridized carbons (Fsp3) is 0.625. The Balaban J connectivity index is 2.09. The third-order valence-electron chi connectivity index (χ3n) is 4.90. The Kier molecular flexibility index (Phi) is 5.07. The van der Waals surface area contributed by atoms with Gasteiger partial charge in [-0.15, -0.1) is 0 Å². The zero-order chi connectivity index (χ0) is 15.6. The average Bonchev–Trinajstić information content (AvgIpc) is 2.79. The van der Waals surface area contributed by atoms with Crippen LogP contribution >= 0.6 is 0 Å². The third kappa shape index (κ3) is 3.84. The van der Waals surface area contributed by atoms with Crippen LogP contribution in [0.3, 0.4) is 0 Å². The lowest BCUT2D eigenvalue weighted by atomic mass is 9.93. The number of hydrogen-bond acceptors (Lipinski definition) is 3. The van der Waals surface area contributed by atoms with Crippen LogP contribution in [0.25, 0.3) is 0 Å². The monoisotopic (exact) mass is 310 g/mol. The summed E-state index contributed by atoms with van der Waals surface area (Å²) in [5.74, 6) is 1.46. The highest BCUT2D eigenvalue weighted by Crippen LogP contribution is 2.35. The first-order chi connectivity index (χ1) is 9.82. The molecule has 0 spiro atoms. The second kappa shape index (κ2) is 6.46. The topological polar surface area (TPSA) is 72.2 Å². The van der Waals surface area contributed by atoms with Crippen LogP contribution in [0.5, 0.6) is 0 Å². The molecule has 1 fully saturated rings. The number of hydrogen-bond donors (Lipinski definition) is 2. The van der Waals surface area contributed by atoms with Gasteiger partial charge >= 0.3 is 0 Å². The number of nitrogens with two attached hydrogens (primary N) is 1. The molecule has 2 rings (SSSR count). The summed E-state index contributed by atoms with van der Waals surface area (Å²) in [6, 6.07) is 7.53. The maximum absolute atomic E-state index is 11.4. The summed E-state index contributed by atoms with van der Waals surface area (Å²) < 4.78 is 22.9. The fourth-order valence-electron chi connectivity index (χ4n) is 3.44. The van der Waals surface area contributed by atoms with E-state index in [4.69, 9.17) is 5.14 Å². The van der Waals surface area contributed by atoms with E-state index in [1.807, 2.05) is 6.07 Å². The van der Waals surface area contributed by atoms with Crippen molar-refractivity contribution in [3.63, 3.8) is 0 Å². The van der Waals surface area contributed by atoms with Crippen LogP contribution in [0.4, 0.5) is 0 Å². The normalized spacial score (nSPS) is 27.7. The SMILES string of the molecule is CCC1CCC(NC(C)c2cccc(S(N)(=O)=O)c2)C1C. The molecule has 0 heterocycles. The van der Waals surface area contributed by atoms with Gasteiger partial charge in [0.1, 0.15) is 0 Å². The van der Waals surface area contributed by atoms with Gasteiger partial charge in [-0.2, -0.15) is 0 Å². The summed E-state index contributed by atoms with van der Waals surface area (Å²) in [7, 11) is -3.64. The number of rotatable bonds is 5.